The van der Waals surface area contributed by atoms with Gasteiger partial charge in [0, 0.05) is 29.3 Å². The number of dihydropyridines is 1. The number of allylic oxidation sites excluding steroid dienone is 3. The Morgan fingerprint density at radius 1 is 0.939 bits per heavy atom. The Kier molecular flexibility index (Phi) is 6.96. The summed E-state index contributed by atoms with van der Waals surface area (Å²) in [5.74, 6) is 0.558. The highest BCUT2D eigenvalue weighted by atomic mass is 16.5. The summed E-state index contributed by atoms with van der Waals surface area (Å²) in [5, 5.41) is 3.35. The Morgan fingerprint density at radius 3 is 2.21 bits per heavy atom. The summed E-state index contributed by atoms with van der Waals surface area (Å²) in [4.78, 5) is 26.7. The normalized spacial score (nSPS) is 21.3. The van der Waals surface area contributed by atoms with E-state index in [2.05, 4.69) is 5.32 Å². The quantitative estimate of drug-likeness (QED) is 0.630. The molecule has 0 spiro atoms. The zero-order valence-electron chi connectivity index (χ0n) is 19.9. The number of hydrogen-bond donors (Lipinski definition) is 1. The lowest BCUT2D eigenvalue weighted by Gasteiger charge is -2.35. The molecular formula is C26H33NO6. The number of esters is 1. The van der Waals surface area contributed by atoms with Crippen LogP contribution in [0.4, 0.5) is 0 Å². The predicted octanol–water partition coefficient (Wildman–Crippen LogP) is 4.56. The predicted molar refractivity (Wildman–Crippen MR) is 124 cm³/mol. The van der Waals surface area contributed by atoms with E-state index in [0.29, 0.717) is 34.8 Å². The van der Waals surface area contributed by atoms with Crippen molar-refractivity contribution in [2.24, 2.45) is 0 Å². The van der Waals surface area contributed by atoms with Gasteiger partial charge in [-0.05, 0) is 63.1 Å². The molecule has 4 rings (SSSR count). The smallest absolute Gasteiger partial charge is 0.337 e. The Hall–Kier alpha value is -2.96. The number of Topliss-reactive ketones (excluding diaryl/α,β-unsaturated/α-hetero) is 1. The van der Waals surface area contributed by atoms with Crippen LogP contribution < -0.4 is 19.5 Å². The van der Waals surface area contributed by atoms with Crippen molar-refractivity contribution in [3.63, 3.8) is 0 Å². The molecule has 0 amide bonds. The molecule has 1 aromatic carbocycles. The maximum absolute atomic E-state index is 13.5. The van der Waals surface area contributed by atoms with Crippen LogP contribution in [0, 0.1) is 0 Å². The first kappa shape index (κ1) is 23.2. The molecule has 0 bridgehead atoms. The van der Waals surface area contributed by atoms with Crippen LogP contribution in [0.5, 0.6) is 17.2 Å². The number of hydrogen-bond acceptors (Lipinski definition) is 7. The molecule has 7 heteroatoms. The van der Waals surface area contributed by atoms with Crippen molar-refractivity contribution >= 4 is 11.8 Å². The van der Waals surface area contributed by atoms with Crippen LogP contribution in [0.1, 0.15) is 69.8 Å². The summed E-state index contributed by atoms with van der Waals surface area (Å²) in [7, 11) is 4.66. The summed E-state index contributed by atoms with van der Waals surface area (Å²) in [6.45, 7) is 1.88. The van der Waals surface area contributed by atoms with Crippen LogP contribution in [0.15, 0.2) is 34.7 Å². The van der Waals surface area contributed by atoms with Gasteiger partial charge in [-0.3, -0.25) is 4.79 Å². The monoisotopic (exact) mass is 455 g/mol. The minimum Gasteiger partial charge on any atom is -0.493 e. The highest BCUT2D eigenvalue weighted by Crippen LogP contribution is 2.47. The molecule has 1 N–H and O–H groups in total. The van der Waals surface area contributed by atoms with Crippen molar-refractivity contribution in [1.29, 1.82) is 0 Å². The fourth-order valence-electron chi connectivity index (χ4n) is 5.25. The minimum absolute atomic E-state index is 0.0537. The highest BCUT2D eigenvalue weighted by Gasteiger charge is 2.40. The largest absolute Gasteiger partial charge is 0.493 e. The molecule has 1 saturated carbocycles. The summed E-state index contributed by atoms with van der Waals surface area (Å²) in [5.41, 5.74) is 3.46. The first-order valence-electron chi connectivity index (χ1n) is 11.7. The second kappa shape index (κ2) is 9.89. The summed E-state index contributed by atoms with van der Waals surface area (Å²) < 4.78 is 22.6. The molecule has 1 atom stereocenters. The Labute approximate surface area is 195 Å². The van der Waals surface area contributed by atoms with Crippen LogP contribution in [-0.4, -0.2) is 39.2 Å². The molecule has 1 aromatic rings. The van der Waals surface area contributed by atoms with E-state index in [9.17, 15) is 9.59 Å². The molecule has 0 aromatic heterocycles. The van der Waals surface area contributed by atoms with Gasteiger partial charge in [0.2, 0.25) is 5.75 Å². The van der Waals surface area contributed by atoms with E-state index in [0.717, 1.165) is 55.5 Å². The molecule has 3 aliphatic rings. The van der Waals surface area contributed by atoms with Crippen molar-refractivity contribution in [2.75, 3.05) is 21.3 Å². The Balaban J connectivity index is 1.82. The number of ketones is 1. The van der Waals surface area contributed by atoms with Crippen molar-refractivity contribution in [3.05, 3.63) is 40.2 Å². The van der Waals surface area contributed by atoms with E-state index in [-0.39, 0.29) is 17.9 Å². The molecular weight excluding hydrogens is 422 g/mol. The molecule has 2 aliphatic carbocycles. The van der Waals surface area contributed by atoms with Gasteiger partial charge >= 0.3 is 5.97 Å². The maximum Gasteiger partial charge on any atom is 0.337 e. The molecule has 1 fully saturated rings. The van der Waals surface area contributed by atoms with Gasteiger partial charge in [0.25, 0.3) is 0 Å². The van der Waals surface area contributed by atoms with Crippen LogP contribution in [0.2, 0.25) is 0 Å². The molecule has 0 saturated heterocycles. The number of methoxy groups -OCH3 is 3. The van der Waals surface area contributed by atoms with Crippen molar-refractivity contribution < 1.29 is 28.5 Å². The molecule has 0 unspecified atom stereocenters. The number of rotatable bonds is 6. The standard InChI is InChI=1S/C26H33NO6/c1-15-22(26(29)33-17-9-6-5-7-10-17)23(24-18(27-15)11-8-12-19(24)28)16-13-20(30-2)25(32-4)21(14-16)31-3/h13-14,17,23,27H,5-12H2,1-4H3/t23-/m1/s1. The van der Waals surface area contributed by atoms with Gasteiger partial charge in [-0.15, -0.1) is 0 Å². The molecule has 33 heavy (non-hydrogen) atoms. The topological polar surface area (TPSA) is 83.1 Å². The van der Waals surface area contributed by atoms with Crippen LogP contribution in [0.25, 0.3) is 0 Å². The van der Waals surface area contributed by atoms with Gasteiger partial charge in [0.1, 0.15) is 6.10 Å². The van der Waals surface area contributed by atoms with Gasteiger partial charge in [-0.25, -0.2) is 4.79 Å². The summed E-state index contributed by atoms with van der Waals surface area (Å²) in [6.07, 6.45) is 7.02. The minimum atomic E-state index is -0.557. The van der Waals surface area contributed by atoms with E-state index >= 15 is 0 Å². The zero-order valence-corrected chi connectivity index (χ0v) is 19.9. The SMILES string of the molecule is COc1cc([C@@H]2C(C(=O)OC3CCCCC3)=C(C)NC3=C2C(=O)CCC3)cc(OC)c1OC. The molecule has 1 aliphatic heterocycles. The third-order valence-corrected chi connectivity index (χ3v) is 6.84. The fourth-order valence-corrected chi connectivity index (χ4v) is 5.25. The van der Waals surface area contributed by atoms with Crippen LogP contribution in [-0.2, 0) is 14.3 Å². The first-order valence-corrected chi connectivity index (χ1v) is 11.7. The molecule has 0 radical (unpaired) electrons. The lowest BCUT2D eigenvalue weighted by Crippen LogP contribution is -2.35. The number of carbonyl (C=O) groups is 2. The Bertz CT molecular complexity index is 977. The second-order valence-electron chi connectivity index (χ2n) is 8.89. The van der Waals surface area contributed by atoms with E-state index in [1.54, 1.807) is 21.3 Å². The summed E-state index contributed by atoms with van der Waals surface area (Å²) in [6, 6.07) is 3.65. The van der Waals surface area contributed by atoms with Crippen molar-refractivity contribution in [2.45, 2.75) is 70.3 Å². The average molecular weight is 456 g/mol. The Morgan fingerprint density at radius 2 is 1.61 bits per heavy atom. The van der Waals surface area contributed by atoms with Crippen molar-refractivity contribution in [1.82, 2.24) is 5.32 Å². The fraction of sp³-hybridized carbons (Fsp3) is 0.538. The maximum atomic E-state index is 13.5. The average Bonchev–Trinajstić information content (AvgIpc) is 2.82. The highest BCUT2D eigenvalue weighted by molar-refractivity contribution is 6.03. The van der Waals surface area contributed by atoms with E-state index in [1.807, 2.05) is 19.1 Å². The second-order valence-corrected chi connectivity index (χ2v) is 8.89. The third-order valence-electron chi connectivity index (χ3n) is 6.84. The van der Waals surface area contributed by atoms with E-state index in [1.165, 1.54) is 6.42 Å². The molecule has 178 valence electrons. The molecule has 1 heterocycles. The van der Waals surface area contributed by atoms with E-state index < -0.39 is 5.92 Å². The van der Waals surface area contributed by atoms with Gasteiger partial charge < -0.3 is 24.3 Å². The van der Waals surface area contributed by atoms with Crippen molar-refractivity contribution in [3.8, 4) is 17.2 Å². The number of benzene rings is 1. The van der Waals surface area contributed by atoms with E-state index in [4.69, 9.17) is 18.9 Å². The van der Waals surface area contributed by atoms with Gasteiger partial charge in [-0.2, -0.15) is 0 Å². The lowest BCUT2D eigenvalue weighted by atomic mass is 9.75. The molecule has 7 nitrogen and oxygen atoms in total. The van der Waals surface area contributed by atoms with Gasteiger partial charge in [0.05, 0.1) is 26.9 Å². The van der Waals surface area contributed by atoms with Crippen LogP contribution in [0.3, 0.4) is 0 Å². The number of carbonyl (C=O) groups excluding carboxylic acids is 2. The van der Waals surface area contributed by atoms with Crippen LogP contribution >= 0.6 is 0 Å². The third kappa shape index (κ3) is 4.45. The zero-order chi connectivity index (χ0) is 23.5. The number of ether oxygens (including phenoxy) is 4. The lowest BCUT2D eigenvalue weighted by molar-refractivity contribution is -0.146. The first-order chi connectivity index (χ1) is 16.0. The van der Waals surface area contributed by atoms with Gasteiger partial charge in [0.15, 0.2) is 17.3 Å². The van der Waals surface area contributed by atoms with Gasteiger partial charge in [-0.1, -0.05) is 6.42 Å². The number of nitrogens with one attached hydrogen (secondary N) is 1. The summed E-state index contributed by atoms with van der Waals surface area (Å²) >= 11 is 0.